The fourth-order valence-electron chi connectivity index (χ4n) is 3.35. The molecular formula is C23H29F3N4O4. The molecule has 2 aromatic rings. The average molecular weight is 483 g/mol. The molecule has 2 atom stereocenters. The number of aromatic hydroxyl groups is 1. The first kappa shape index (κ1) is 25.9. The minimum atomic E-state index is -4.80. The number of ether oxygens (including phenoxy) is 3. The van der Waals surface area contributed by atoms with Gasteiger partial charge in [-0.25, -0.2) is 0 Å². The highest BCUT2D eigenvalue weighted by Crippen LogP contribution is 2.39. The van der Waals surface area contributed by atoms with Crippen molar-refractivity contribution >= 4 is 5.71 Å². The predicted molar refractivity (Wildman–Crippen MR) is 119 cm³/mol. The number of rotatable bonds is 12. The summed E-state index contributed by atoms with van der Waals surface area (Å²) in [4.78, 5) is 11.9. The van der Waals surface area contributed by atoms with Crippen LogP contribution in [-0.2, 0) is 15.9 Å². The number of nitrogens with one attached hydrogen (secondary N) is 1. The van der Waals surface area contributed by atoms with Crippen LogP contribution in [-0.4, -0.2) is 60.2 Å². The molecule has 1 aromatic heterocycles. The lowest BCUT2D eigenvalue weighted by Crippen LogP contribution is -2.25. The summed E-state index contributed by atoms with van der Waals surface area (Å²) in [7, 11) is 1.82. The third-order valence-corrected chi connectivity index (χ3v) is 5.10. The molecule has 0 spiro atoms. The van der Waals surface area contributed by atoms with E-state index >= 15 is 0 Å². The fraction of sp³-hybridized carbons (Fsp3) is 0.522. The molecule has 8 nitrogen and oxygen atoms in total. The van der Waals surface area contributed by atoms with Gasteiger partial charge in [-0.2, -0.15) is 13.2 Å². The zero-order valence-corrected chi connectivity index (χ0v) is 19.4. The molecule has 11 heteroatoms. The monoisotopic (exact) mass is 482 g/mol. The minimum absolute atomic E-state index is 0.325. The average Bonchev–Trinajstić information content (AvgIpc) is 3.56. The maximum atomic E-state index is 13.8. The van der Waals surface area contributed by atoms with Crippen LogP contribution < -0.4 is 10.1 Å². The molecule has 1 aliphatic rings. The van der Waals surface area contributed by atoms with Gasteiger partial charge in [0.2, 0.25) is 0 Å². The lowest BCUT2D eigenvalue weighted by molar-refractivity contribution is -0.0593. The Morgan fingerprint density at radius 3 is 2.71 bits per heavy atom. The smallest absolute Gasteiger partial charge is 0.433 e. The van der Waals surface area contributed by atoms with Crippen LogP contribution in [0.2, 0.25) is 0 Å². The largest absolute Gasteiger partial charge is 0.507 e. The summed E-state index contributed by atoms with van der Waals surface area (Å²) in [5.41, 5.74) is -0.0530. The van der Waals surface area contributed by atoms with Crippen molar-refractivity contribution in [3.8, 4) is 11.5 Å². The fourth-order valence-corrected chi connectivity index (χ4v) is 3.35. The van der Waals surface area contributed by atoms with Crippen LogP contribution in [0, 0.1) is 6.92 Å². The molecule has 0 aliphatic carbocycles. The topological polar surface area (TPSA) is 101 Å². The van der Waals surface area contributed by atoms with Crippen molar-refractivity contribution in [2.24, 2.45) is 4.99 Å². The molecule has 0 bridgehead atoms. The van der Waals surface area contributed by atoms with Gasteiger partial charge in [-0.3, -0.25) is 15.0 Å². The molecule has 0 radical (unpaired) electrons. The molecule has 34 heavy (non-hydrogen) atoms. The van der Waals surface area contributed by atoms with Gasteiger partial charge in [0.05, 0.1) is 24.2 Å². The number of epoxide rings is 1. The van der Waals surface area contributed by atoms with Gasteiger partial charge in [-0.05, 0) is 45.5 Å². The summed E-state index contributed by atoms with van der Waals surface area (Å²) in [6.45, 7) is 4.17. The van der Waals surface area contributed by atoms with E-state index < -0.39 is 42.3 Å². The third-order valence-electron chi connectivity index (χ3n) is 5.10. The summed E-state index contributed by atoms with van der Waals surface area (Å²) in [5, 5.41) is 13.7. The molecule has 1 aliphatic heterocycles. The second kappa shape index (κ2) is 11.6. The number of hydrogen-bond donors (Lipinski definition) is 2. The van der Waals surface area contributed by atoms with E-state index in [-0.39, 0.29) is 0 Å². The van der Waals surface area contributed by atoms with Crippen LogP contribution in [0.1, 0.15) is 48.4 Å². The molecule has 1 fully saturated rings. The summed E-state index contributed by atoms with van der Waals surface area (Å²) in [6, 6.07) is 2.62. The summed E-state index contributed by atoms with van der Waals surface area (Å²) < 4.78 is 57.8. The van der Waals surface area contributed by atoms with Crippen molar-refractivity contribution in [1.29, 1.82) is 0 Å². The number of hydrogen-bond acceptors (Lipinski definition) is 8. The molecule has 1 saturated heterocycles. The van der Waals surface area contributed by atoms with Crippen molar-refractivity contribution in [1.82, 2.24) is 15.3 Å². The first-order chi connectivity index (χ1) is 16.3. The molecule has 2 heterocycles. The molecule has 0 amide bonds. The van der Waals surface area contributed by atoms with Crippen molar-refractivity contribution < 1.29 is 32.5 Å². The number of aromatic nitrogens is 2. The van der Waals surface area contributed by atoms with Crippen LogP contribution in [0.15, 0.2) is 29.5 Å². The second-order valence-electron chi connectivity index (χ2n) is 7.80. The Morgan fingerprint density at radius 1 is 1.26 bits per heavy atom. The highest BCUT2D eigenvalue weighted by molar-refractivity contribution is 6.07. The normalized spacial score (nSPS) is 18.2. The van der Waals surface area contributed by atoms with E-state index in [1.165, 1.54) is 18.3 Å². The van der Waals surface area contributed by atoms with Crippen LogP contribution in [0.3, 0.4) is 0 Å². The zero-order chi connectivity index (χ0) is 24.7. The number of benzene rings is 1. The summed E-state index contributed by atoms with van der Waals surface area (Å²) in [6.07, 6.45) is -1.26. The van der Waals surface area contributed by atoms with Gasteiger partial charge in [-0.15, -0.1) is 0 Å². The molecule has 2 unspecified atom stereocenters. The van der Waals surface area contributed by atoms with Crippen LogP contribution >= 0.6 is 0 Å². The third kappa shape index (κ3) is 6.64. The Morgan fingerprint density at radius 2 is 2.06 bits per heavy atom. The maximum absolute atomic E-state index is 13.8. The minimum Gasteiger partial charge on any atom is -0.507 e. The number of alkyl halides is 3. The predicted octanol–water partition coefficient (Wildman–Crippen LogP) is 3.85. The second-order valence-corrected chi connectivity index (χ2v) is 7.80. The molecule has 2 N–H and O–H groups in total. The first-order valence-electron chi connectivity index (χ1n) is 11.1. The lowest BCUT2D eigenvalue weighted by Gasteiger charge is -2.18. The van der Waals surface area contributed by atoms with Gasteiger partial charge in [-0.1, -0.05) is 13.3 Å². The quantitative estimate of drug-likeness (QED) is 0.269. The Labute approximate surface area is 196 Å². The van der Waals surface area contributed by atoms with Gasteiger partial charge in [0.15, 0.2) is 18.1 Å². The summed E-state index contributed by atoms with van der Waals surface area (Å²) >= 11 is 0. The van der Waals surface area contributed by atoms with E-state index in [0.29, 0.717) is 36.5 Å². The number of aliphatic imine (C=N–C) groups is 1. The number of aryl methyl sites for hydroxylation is 1. The van der Waals surface area contributed by atoms with E-state index in [1.807, 2.05) is 14.0 Å². The Bertz CT molecular complexity index is 983. The van der Waals surface area contributed by atoms with Gasteiger partial charge >= 0.3 is 6.18 Å². The van der Waals surface area contributed by atoms with E-state index in [0.717, 1.165) is 18.7 Å². The number of phenols is 1. The van der Waals surface area contributed by atoms with E-state index in [2.05, 4.69) is 20.3 Å². The Kier molecular flexibility index (Phi) is 8.81. The SMILES string of the molecule is CCCc1c(OCCCNC)ccc(C(=NCOC2OC2c2cnc(C)cn2)C(F)(F)F)c1O. The molecular weight excluding hydrogens is 453 g/mol. The van der Waals surface area contributed by atoms with E-state index in [9.17, 15) is 18.3 Å². The van der Waals surface area contributed by atoms with Crippen molar-refractivity contribution in [2.75, 3.05) is 26.9 Å². The number of halogens is 3. The van der Waals surface area contributed by atoms with E-state index in [4.69, 9.17) is 14.2 Å². The standard InChI is InChI=1S/C23H29F3N4O4/c1-4-6-15-18(32-10-5-9-27-3)8-7-16(19(15)31)21(23(24,25)26)30-13-33-22-20(34-22)17-12-28-14(2)11-29-17/h7-8,11-12,20,22,27,31H,4-6,9-10,13H2,1-3H3. The van der Waals surface area contributed by atoms with E-state index in [1.54, 1.807) is 13.1 Å². The van der Waals surface area contributed by atoms with Crippen molar-refractivity contribution in [2.45, 2.75) is 51.7 Å². The van der Waals surface area contributed by atoms with Gasteiger partial charge in [0.25, 0.3) is 0 Å². The Hall–Kier alpha value is -2.76. The molecule has 186 valence electrons. The van der Waals surface area contributed by atoms with Gasteiger partial charge in [0, 0.05) is 17.3 Å². The number of nitrogens with zero attached hydrogens (tertiary/aromatic N) is 3. The van der Waals surface area contributed by atoms with Gasteiger partial charge < -0.3 is 24.6 Å². The highest BCUT2D eigenvalue weighted by Gasteiger charge is 2.43. The molecule has 3 rings (SSSR count). The van der Waals surface area contributed by atoms with Crippen LogP contribution in [0.4, 0.5) is 13.2 Å². The van der Waals surface area contributed by atoms with Crippen molar-refractivity contribution in [3.05, 3.63) is 47.0 Å². The zero-order valence-electron chi connectivity index (χ0n) is 19.4. The van der Waals surface area contributed by atoms with Crippen LogP contribution in [0.25, 0.3) is 0 Å². The molecule has 0 saturated carbocycles. The first-order valence-corrected chi connectivity index (χ1v) is 11.1. The van der Waals surface area contributed by atoms with Crippen molar-refractivity contribution in [3.63, 3.8) is 0 Å². The maximum Gasteiger partial charge on any atom is 0.433 e. The Balaban J connectivity index is 1.74. The molecule has 1 aromatic carbocycles. The van der Waals surface area contributed by atoms with Gasteiger partial charge in [0.1, 0.15) is 18.2 Å². The summed E-state index contributed by atoms with van der Waals surface area (Å²) in [5.74, 6) is -0.120. The van der Waals surface area contributed by atoms with Crippen LogP contribution in [0.5, 0.6) is 11.5 Å². The lowest BCUT2D eigenvalue weighted by atomic mass is 10.00. The highest BCUT2D eigenvalue weighted by atomic mass is 19.4. The number of phenolic OH excluding ortho intramolecular Hbond substituents is 1.